The summed E-state index contributed by atoms with van der Waals surface area (Å²) in [5.74, 6) is -0.679. The van der Waals surface area contributed by atoms with Gasteiger partial charge in [-0.2, -0.15) is 0 Å². The van der Waals surface area contributed by atoms with Gasteiger partial charge in [0.05, 0.1) is 16.6 Å². The highest BCUT2D eigenvalue weighted by atomic mass is 79.9. The Morgan fingerprint density at radius 3 is 2.60 bits per heavy atom. The largest absolute Gasteiger partial charge is 0.465 e. The lowest BCUT2D eigenvalue weighted by Crippen LogP contribution is -2.41. The number of amides is 1. The fourth-order valence-electron chi connectivity index (χ4n) is 1.70. The first-order chi connectivity index (χ1) is 9.38. The second-order valence-electron chi connectivity index (χ2n) is 4.54. The molecule has 0 spiro atoms. The number of carbonyl (C=O) groups is 2. The molecule has 110 valence electrons. The number of hydrogen-bond donors (Lipinski definition) is 1. The molecule has 20 heavy (non-hydrogen) atoms. The topological polar surface area (TPSA) is 72.6 Å². The molecule has 1 aromatic carbocycles. The van der Waals surface area contributed by atoms with Crippen molar-refractivity contribution in [2.24, 2.45) is 0 Å². The molecular weight excluding hydrogens is 324 g/mol. The molecule has 1 aromatic rings. The van der Waals surface area contributed by atoms with Crippen molar-refractivity contribution in [2.45, 2.75) is 26.8 Å². The second kappa shape index (κ2) is 7.28. The fourth-order valence-corrected chi connectivity index (χ4v) is 2.14. The van der Waals surface area contributed by atoms with Gasteiger partial charge >= 0.3 is 5.97 Å². The van der Waals surface area contributed by atoms with Crippen LogP contribution in [0, 0.1) is 0 Å². The van der Waals surface area contributed by atoms with Gasteiger partial charge in [0, 0.05) is 11.7 Å². The van der Waals surface area contributed by atoms with Crippen LogP contribution in [-0.4, -0.2) is 36.0 Å². The molecule has 1 rings (SSSR count). The maximum atomic E-state index is 12.5. The minimum Gasteiger partial charge on any atom is -0.465 e. The van der Waals surface area contributed by atoms with E-state index in [4.69, 9.17) is 10.5 Å². The third kappa shape index (κ3) is 3.96. The van der Waals surface area contributed by atoms with Gasteiger partial charge in [-0.25, -0.2) is 0 Å². The second-order valence-corrected chi connectivity index (χ2v) is 5.33. The van der Waals surface area contributed by atoms with Crippen LogP contribution in [0.4, 0.5) is 5.69 Å². The zero-order chi connectivity index (χ0) is 15.3. The number of rotatable bonds is 5. The molecule has 0 aliphatic heterocycles. The number of anilines is 1. The molecule has 0 heterocycles. The number of nitrogen functional groups attached to an aromatic ring is 1. The molecule has 0 unspecified atom stereocenters. The van der Waals surface area contributed by atoms with Gasteiger partial charge in [0.15, 0.2) is 0 Å². The molecule has 6 heteroatoms. The molecule has 1 amide bonds. The van der Waals surface area contributed by atoms with Gasteiger partial charge in [0.25, 0.3) is 5.91 Å². The van der Waals surface area contributed by atoms with Crippen LogP contribution in [-0.2, 0) is 9.53 Å². The Morgan fingerprint density at radius 2 is 2.05 bits per heavy atom. The number of ether oxygens (including phenoxy) is 1. The lowest BCUT2D eigenvalue weighted by Gasteiger charge is -2.26. The van der Waals surface area contributed by atoms with Crippen LogP contribution >= 0.6 is 15.9 Å². The van der Waals surface area contributed by atoms with E-state index in [1.54, 1.807) is 25.1 Å². The van der Waals surface area contributed by atoms with E-state index >= 15 is 0 Å². The van der Waals surface area contributed by atoms with Crippen molar-refractivity contribution in [1.82, 2.24) is 4.90 Å². The average Bonchev–Trinajstić information content (AvgIpc) is 2.38. The lowest BCUT2D eigenvalue weighted by atomic mass is 10.1. The predicted octanol–water partition coefficient (Wildman–Crippen LogP) is 2.45. The van der Waals surface area contributed by atoms with E-state index in [0.717, 1.165) is 0 Å². The van der Waals surface area contributed by atoms with Gasteiger partial charge in [-0.3, -0.25) is 9.59 Å². The standard InChI is InChI=1S/C14H19BrN2O3/c1-4-20-12(18)8-17(9(2)3)14(19)10-6-5-7-11(16)13(10)15/h5-7,9H,4,8,16H2,1-3H3. The first-order valence-electron chi connectivity index (χ1n) is 6.39. The number of benzene rings is 1. The molecule has 5 nitrogen and oxygen atoms in total. The molecule has 0 fully saturated rings. The van der Waals surface area contributed by atoms with Crippen LogP contribution in [0.25, 0.3) is 0 Å². The summed E-state index contributed by atoms with van der Waals surface area (Å²) in [7, 11) is 0. The first kappa shape index (κ1) is 16.5. The molecule has 0 radical (unpaired) electrons. The predicted molar refractivity (Wildman–Crippen MR) is 81.4 cm³/mol. The van der Waals surface area contributed by atoms with Crippen LogP contribution < -0.4 is 5.73 Å². The molecule has 0 aromatic heterocycles. The highest BCUT2D eigenvalue weighted by molar-refractivity contribution is 9.10. The number of hydrogen-bond acceptors (Lipinski definition) is 4. The van der Waals surface area contributed by atoms with E-state index in [1.165, 1.54) is 4.90 Å². The Kier molecular flexibility index (Phi) is 6.01. The normalized spacial score (nSPS) is 10.4. The average molecular weight is 343 g/mol. The molecule has 0 aliphatic carbocycles. The number of nitrogens with two attached hydrogens (primary N) is 1. The van der Waals surface area contributed by atoms with Gasteiger partial charge in [0.1, 0.15) is 6.54 Å². The minimum absolute atomic E-state index is 0.0778. The smallest absolute Gasteiger partial charge is 0.325 e. The quantitative estimate of drug-likeness (QED) is 0.658. The Labute approximate surface area is 127 Å². The molecule has 0 saturated heterocycles. The SMILES string of the molecule is CCOC(=O)CN(C(=O)c1cccc(N)c1Br)C(C)C. The van der Waals surface area contributed by atoms with E-state index in [2.05, 4.69) is 15.9 Å². The Hall–Kier alpha value is -1.56. The highest BCUT2D eigenvalue weighted by Gasteiger charge is 2.24. The van der Waals surface area contributed by atoms with Crippen LogP contribution in [0.15, 0.2) is 22.7 Å². The molecular formula is C14H19BrN2O3. The maximum absolute atomic E-state index is 12.5. The van der Waals surface area contributed by atoms with Crippen molar-refractivity contribution in [3.63, 3.8) is 0 Å². The number of nitrogens with zero attached hydrogens (tertiary/aromatic N) is 1. The Morgan fingerprint density at radius 1 is 1.40 bits per heavy atom. The zero-order valence-corrected chi connectivity index (χ0v) is 13.4. The van der Waals surface area contributed by atoms with Crippen molar-refractivity contribution < 1.29 is 14.3 Å². The zero-order valence-electron chi connectivity index (χ0n) is 11.9. The lowest BCUT2D eigenvalue weighted by molar-refractivity contribution is -0.144. The maximum Gasteiger partial charge on any atom is 0.325 e. The molecule has 2 N–H and O–H groups in total. The summed E-state index contributed by atoms with van der Waals surface area (Å²) in [6.07, 6.45) is 0. The van der Waals surface area contributed by atoms with E-state index in [-0.39, 0.29) is 18.5 Å². The fraction of sp³-hybridized carbons (Fsp3) is 0.429. The summed E-state index contributed by atoms with van der Waals surface area (Å²) in [6, 6.07) is 4.95. The number of halogens is 1. The highest BCUT2D eigenvalue weighted by Crippen LogP contribution is 2.25. The number of esters is 1. The van der Waals surface area contributed by atoms with E-state index in [9.17, 15) is 9.59 Å². The van der Waals surface area contributed by atoms with Gasteiger partial charge in [0.2, 0.25) is 0 Å². The monoisotopic (exact) mass is 342 g/mol. The van der Waals surface area contributed by atoms with E-state index < -0.39 is 5.97 Å². The molecule has 0 atom stereocenters. The first-order valence-corrected chi connectivity index (χ1v) is 7.18. The van der Waals surface area contributed by atoms with Gasteiger partial charge in [-0.15, -0.1) is 0 Å². The van der Waals surface area contributed by atoms with Crippen LogP contribution in [0.3, 0.4) is 0 Å². The summed E-state index contributed by atoms with van der Waals surface area (Å²) in [5, 5.41) is 0. The van der Waals surface area contributed by atoms with E-state index in [0.29, 0.717) is 22.3 Å². The minimum atomic E-state index is -0.422. The summed E-state index contributed by atoms with van der Waals surface area (Å²) in [5.41, 5.74) is 6.69. The van der Waals surface area contributed by atoms with Crippen LogP contribution in [0.1, 0.15) is 31.1 Å². The summed E-state index contributed by atoms with van der Waals surface area (Å²) in [6.45, 7) is 5.63. The molecule has 0 aliphatic rings. The van der Waals surface area contributed by atoms with Crippen molar-refractivity contribution in [3.8, 4) is 0 Å². The third-order valence-corrected chi connectivity index (χ3v) is 3.63. The Balaban J connectivity index is 3.00. The van der Waals surface area contributed by atoms with Gasteiger partial charge in [-0.05, 0) is 48.8 Å². The molecule has 0 saturated carbocycles. The van der Waals surface area contributed by atoms with E-state index in [1.807, 2.05) is 13.8 Å². The van der Waals surface area contributed by atoms with Crippen molar-refractivity contribution in [3.05, 3.63) is 28.2 Å². The summed E-state index contributed by atoms with van der Waals surface area (Å²) >= 11 is 3.31. The summed E-state index contributed by atoms with van der Waals surface area (Å²) in [4.78, 5) is 25.6. The van der Waals surface area contributed by atoms with Crippen molar-refractivity contribution in [1.29, 1.82) is 0 Å². The molecule has 0 bridgehead atoms. The van der Waals surface area contributed by atoms with Crippen molar-refractivity contribution >= 4 is 33.5 Å². The van der Waals surface area contributed by atoms with Crippen LogP contribution in [0.2, 0.25) is 0 Å². The number of carbonyl (C=O) groups excluding carboxylic acids is 2. The summed E-state index contributed by atoms with van der Waals surface area (Å²) < 4.78 is 5.43. The van der Waals surface area contributed by atoms with Gasteiger partial charge in [-0.1, -0.05) is 6.07 Å². The third-order valence-electron chi connectivity index (χ3n) is 2.75. The van der Waals surface area contributed by atoms with Gasteiger partial charge < -0.3 is 15.4 Å². The van der Waals surface area contributed by atoms with Crippen molar-refractivity contribution in [2.75, 3.05) is 18.9 Å². The Bertz CT molecular complexity index is 503. The van der Waals surface area contributed by atoms with Crippen LogP contribution in [0.5, 0.6) is 0 Å².